The summed E-state index contributed by atoms with van der Waals surface area (Å²) in [5.74, 6) is -0.233. The molecule has 1 heterocycles. The molecule has 1 fully saturated rings. The van der Waals surface area contributed by atoms with Crippen molar-refractivity contribution in [1.82, 2.24) is 5.32 Å². The molecule has 5 nitrogen and oxygen atoms in total. The first-order valence-corrected chi connectivity index (χ1v) is 7.05. The maximum atomic E-state index is 12.1. The van der Waals surface area contributed by atoms with Gasteiger partial charge >= 0.3 is 0 Å². The molecular formula is C14H18ClN3O2. The Morgan fingerprint density at radius 1 is 1.30 bits per heavy atom. The molecule has 1 aliphatic heterocycles. The van der Waals surface area contributed by atoms with Gasteiger partial charge in [0.15, 0.2) is 0 Å². The standard InChI is InChI=1S/C14H18ClN3O2/c1-9(19)17-12-6-5-10(8-11(12)15)18-14(20)13-4-2-3-7-16-13/h5-6,8,13,16H,2-4,7H2,1H3,(H,17,19)(H,18,20). The van der Waals surface area contributed by atoms with Crippen LogP contribution in [0.5, 0.6) is 0 Å². The smallest absolute Gasteiger partial charge is 0.241 e. The molecule has 0 bridgehead atoms. The van der Waals surface area contributed by atoms with Gasteiger partial charge in [0.2, 0.25) is 11.8 Å². The van der Waals surface area contributed by atoms with Crippen LogP contribution in [0.2, 0.25) is 5.02 Å². The van der Waals surface area contributed by atoms with Gasteiger partial charge in [-0.1, -0.05) is 18.0 Å². The van der Waals surface area contributed by atoms with Crippen molar-refractivity contribution < 1.29 is 9.59 Å². The molecule has 1 aliphatic rings. The molecule has 20 heavy (non-hydrogen) atoms. The van der Waals surface area contributed by atoms with Gasteiger partial charge in [-0.3, -0.25) is 9.59 Å². The number of halogens is 1. The SMILES string of the molecule is CC(=O)Nc1ccc(NC(=O)C2CCCCN2)cc1Cl. The van der Waals surface area contributed by atoms with Crippen molar-refractivity contribution in [2.75, 3.05) is 17.2 Å². The van der Waals surface area contributed by atoms with E-state index in [9.17, 15) is 9.59 Å². The van der Waals surface area contributed by atoms with Crippen LogP contribution < -0.4 is 16.0 Å². The van der Waals surface area contributed by atoms with Crippen LogP contribution in [0.1, 0.15) is 26.2 Å². The van der Waals surface area contributed by atoms with Gasteiger partial charge in [-0.05, 0) is 37.6 Å². The topological polar surface area (TPSA) is 70.2 Å². The highest BCUT2D eigenvalue weighted by Crippen LogP contribution is 2.25. The highest BCUT2D eigenvalue weighted by atomic mass is 35.5. The summed E-state index contributed by atoms with van der Waals surface area (Å²) in [7, 11) is 0. The Balaban J connectivity index is 2.00. The average molecular weight is 296 g/mol. The fourth-order valence-corrected chi connectivity index (χ4v) is 2.42. The van der Waals surface area contributed by atoms with Gasteiger partial charge in [-0.2, -0.15) is 0 Å². The number of carbonyl (C=O) groups excluding carboxylic acids is 2. The first kappa shape index (κ1) is 14.8. The van der Waals surface area contributed by atoms with E-state index in [1.54, 1.807) is 18.2 Å². The number of piperidine rings is 1. The number of rotatable bonds is 3. The van der Waals surface area contributed by atoms with Crippen LogP contribution >= 0.6 is 11.6 Å². The Hall–Kier alpha value is -1.59. The lowest BCUT2D eigenvalue weighted by Gasteiger charge is -2.22. The third-order valence-electron chi connectivity index (χ3n) is 3.17. The van der Waals surface area contributed by atoms with Crippen molar-refractivity contribution >= 4 is 34.8 Å². The van der Waals surface area contributed by atoms with Crippen LogP contribution in [0.15, 0.2) is 18.2 Å². The van der Waals surface area contributed by atoms with Gasteiger partial charge in [-0.25, -0.2) is 0 Å². The highest BCUT2D eigenvalue weighted by molar-refractivity contribution is 6.34. The number of hydrogen-bond acceptors (Lipinski definition) is 3. The zero-order chi connectivity index (χ0) is 14.5. The quantitative estimate of drug-likeness (QED) is 0.802. The third-order valence-corrected chi connectivity index (χ3v) is 3.49. The predicted octanol–water partition coefficient (Wildman–Crippen LogP) is 2.38. The molecule has 1 unspecified atom stereocenters. The molecule has 1 saturated heterocycles. The lowest BCUT2D eigenvalue weighted by Crippen LogP contribution is -2.43. The Labute approximate surface area is 123 Å². The summed E-state index contributed by atoms with van der Waals surface area (Å²) in [5.41, 5.74) is 1.16. The molecule has 1 aromatic rings. The molecule has 0 aromatic heterocycles. The van der Waals surface area contributed by atoms with E-state index in [4.69, 9.17) is 11.6 Å². The highest BCUT2D eigenvalue weighted by Gasteiger charge is 2.20. The minimum atomic E-state index is -0.185. The number of carbonyl (C=O) groups is 2. The Bertz CT molecular complexity index is 513. The van der Waals surface area contributed by atoms with Crippen LogP contribution in [-0.4, -0.2) is 24.4 Å². The summed E-state index contributed by atoms with van der Waals surface area (Å²) in [6.45, 7) is 2.29. The van der Waals surface area contributed by atoms with Crippen molar-refractivity contribution in [3.8, 4) is 0 Å². The summed E-state index contributed by atoms with van der Waals surface area (Å²) in [6.07, 6.45) is 3.03. The van der Waals surface area contributed by atoms with Gasteiger partial charge < -0.3 is 16.0 Å². The lowest BCUT2D eigenvalue weighted by atomic mass is 10.0. The molecule has 1 aromatic carbocycles. The van der Waals surface area contributed by atoms with E-state index in [1.165, 1.54) is 6.92 Å². The number of amides is 2. The summed E-state index contributed by atoms with van der Waals surface area (Å²) in [5, 5.41) is 9.04. The monoisotopic (exact) mass is 295 g/mol. The van der Waals surface area contributed by atoms with Crippen LogP contribution in [0.4, 0.5) is 11.4 Å². The second-order valence-corrected chi connectivity index (χ2v) is 5.27. The van der Waals surface area contributed by atoms with Crippen molar-refractivity contribution in [2.45, 2.75) is 32.2 Å². The van der Waals surface area contributed by atoms with Gasteiger partial charge in [0.25, 0.3) is 0 Å². The number of hydrogen-bond donors (Lipinski definition) is 3. The van der Waals surface area contributed by atoms with Gasteiger partial charge in [0.1, 0.15) is 0 Å². The maximum Gasteiger partial charge on any atom is 0.241 e. The average Bonchev–Trinajstić information content (AvgIpc) is 2.42. The van der Waals surface area contributed by atoms with E-state index in [0.717, 1.165) is 25.8 Å². The van der Waals surface area contributed by atoms with Crippen LogP contribution in [-0.2, 0) is 9.59 Å². The van der Waals surface area contributed by atoms with E-state index in [2.05, 4.69) is 16.0 Å². The first-order chi connectivity index (χ1) is 9.56. The van der Waals surface area contributed by atoms with Gasteiger partial charge in [0, 0.05) is 12.6 Å². The van der Waals surface area contributed by atoms with E-state index < -0.39 is 0 Å². The Morgan fingerprint density at radius 3 is 2.70 bits per heavy atom. The summed E-state index contributed by atoms with van der Waals surface area (Å²) in [4.78, 5) is 23.0. The zero-order valence-electron chi connectivity index (χ0n) is 11.3. The fraction of sp³-hybridized carbons (Fsp3) is 0.429. The van der Waals surface area contributed by atoms with E-state index in [0.29, 0.717) is 16.4 Å². The van der Waals surface area contributed by atoms with E-state index in [1.807, 2.05) is 0 Å². The predicted molar refractivity (Wildman–Crippen MR) is 80.0 cm³/mol. The van der Waals surface area contributed by atoms with Crippen molar-refractivity contribution in [3.05, 3.63) is 23.2 Å². The second-order valence-electron chi connectivity index (χ2n) is 4.87. The van der Waals surface area contributed by atoms with Crippen molar-refractivity contribution in [3.63, 3.8) is 0 Å². The Kier molecular flexibility index (Phi) is 4.98. The number of benzene rings is 1. The summed E-state index contributed by atoms with van der Waals surface area (Å²) in [6, 6.07) is 4.89. The molecule has 6 heteroatoms. The number of nitrogens with one attached hydrogen (secondary N) is 3. The van der Waals surface area contributed by atoms with Crippen LogP contribution in [0, 0.1) is 0 Å². The lowest BCUT2D eigenvalue weighted by molar-refractivity contribution is -0.118. The molecule has 1 atom stereocenters. The molecular weight excluding hydrogens is 278 g/mol. The summed E-state index contributed by atoms with van der Waals surface area (Å²) >= 11 is 6.06. The normalized spacial score (nSPS) is 18.4. The second kappa shape index (κ2) is 6.72. The fourth-order valence-electron chi connectivity index (χ4n) is 2.19. The van der Waals surface area contributed by atoms with Crippen molar-refractivity contribution in [2.24, 2.45) is 0 Å². The molecule has 0 saturated carbocycles. The molecule has 3 N–H and O–H groups in total. The van der Waals surface area contributed by atoms with Crippen molar-refractivity contribution in [1.29, 1.82) is 0 Å². The molecule has 2 rings (SSSR count). The van der Waals surface area contributed by atoms with Crippen LogP contribution in [0.25, 0.3) is 0 Å². The molecule has 108 valence electrons. The minimum absolute atomic E-state index is 0.0481. The van der Waals surface area contributed by atoms with Crippen LogP contribution in [0.3, 0.4) is 0 Å². The molecule has 0 radical (unpaired) electrons. The largest absolute Gasteiger partial charge is 0.325 e. The van der Waals surface area contributed by atoms with E-state index >= 15 is 0 Å². The molecule has 0 aliphatic carbocycles. The maximum absolute atomic E-state index is 12.1. The molecule has 0 spiro atoms. The zero-order valence-corrected chi connectivity index (χ0v) is 12.1. The molecule has 2 amide bonds. The third kappa shape index (κ3) is 3.95. The number of anilines is 2. The first-order valence-electron chi connectivity index (χ1n) is 6.67. The summed E-state index contributed by atoms with van der Waals surface area (Å²) < 4.78 is 0. The van der Waals surface area contributed by atoms with E-state index in [-0.39, 0.29) is 17.9 Å². The van der Waals surface area contributed by atoms with Gasteiger partial charge in [0.05, 0.1) is 16.8 Å². The Morgan fingerprint density at radius 2 is 2.10 bits per heavy atom. The van der Waals surface area contributed by atoms with Gasteiger partial charge in [-0.15, -0.1) is 0 Å². The minimum Gasteiger partial charge on any atom is -0.325 e.